The molecule has 0 aliphatic carbocycles. The molecule has 6 nitrogen and oxygen atoms in total. The van der Waals surface area contributed by atoms with Gasteiger partial charge in [-0.15, -0.1) is 0 Å². The molecule has 2 amide bonds. The van der Waals surface area contributed by atoms with Gasteiger partial charge in [-0.2, -0.15) is 0 Å². The van der Waals surface area contributed by atoms with E-state index in [-0.39, 0.29) is 11.8 Å². The van der Waals surface area contributed by atoms with Gasteiger partial charge >= 0.3 is 0 Å². The highest BCUT2D eigenvalue weighted by molar-refractivity contribution is 6.04. The Bertz CT molecular complexity index is 683. The van der Waals surface area contributed by atoms with E-state index in [0.29, 0.717) is 36.3 Å². The molecule has 0 saturated heterocycles. The van der Waals surface area contributed by atoms with Crippen molar-refractivity contribution >= 4 is 23.2 Å². The molecule has 0 radical (unpaired) electrons. The van der Waals surface area contributed by atoms with E-state index >= 15 is 0 Å². The topological polar surface area (TPSA) is 97.4 Å². The molecule has 0 spiro atoms. The number of anilines is 2. The lowest BCUT2D eigenvalue weighted by Crippen LogP contribution is -2.41. The summed E-state index contributed by atoms with van der Waals surface area (Å²) in [5.41, 5.74) is 6.87. The third-order valence-corrected chi connectivity index (χ3v) is 4.39. The lowest BCUT2D eigenvalue weighted by molar-refractivity contribution is -0.125. The number of hydrogen-bond acceptors (Lipinski definition) is 4. The molecule has 0 aliphatic heterocycles. The summed E-state index contributed by atoms with van der Waals surface area (Å²) in [6.07, 6.45) is 4.15. The molecule has 0 atom stereocenters. The largest absolute Gasteiger partial charge is 0.472 e. The van der Waals surface area contributed by atoms with E-state index < -0.39 is 5.41 Å². The Morgan fingerprint density at radius 3 is 2.33 bits per heavy atom. The molecule has 2 rings (SSSR count). The van der Waals surface area contributed by atoms with E-state index in [2.05, 4.69) is 10.6 Å². The van der Waals surface area contributed by atoms with Gasteiger partial charge in [0.25, 0.3) is 5.91 Å². The Labute approximate surface area is 141 Å². The quantitative estimate of drug-likeness (QED) is 0.726. The van der Waals surface area contributed by atoms with Gasteiger partial charge in [0.1, 0.15) is 6.26 Å². The van der Waals surface area contributed by atoms with Gasteiger partial charge in [0, 0.05) is 17.9 Å². The molecular weight excluding hydrogens is 306 g/mol. The van der Waals surface area contributed by atoms with E-state index in [1.54, 1.807) is 30.3 Å². The van der Waals surface area contributed by atoms with Crippen molar-refractivity contribution < 1.29 is 14.0 Å². The standard InChI is InChI=1S/C18H23N3O3/c1-3-18(4-2,12-19)17(23)21-15-7-5-6-14(10-15)20-16(22)13-8-9-24-11-13/h5-11H,3-4,12,19H2,1-2H3,(H,20,22)(H,21,23). The maximum Gasteiger partial charge on any atom is 0.258 e. The lowest BCUT2D eigenvalue weighted by Gasteiger charge is -2.28. The van der Waals surface area contributed by atoms with Crippen LogP contribution in [0.2, 0.25) is 0 Å². The minimum atomic E-state index is -0.573. The molecule has 1 heterocycles. The molecule has 24 heavy (non-hydrogen) atoms. The van der Waals surface area contributed by atoms with Crippen molar-refractivity contribution in [2.45, 2.75) is 26.7 Å². The van der Waals surface area contributed by atoms with E-state index in [1.165, 1.54) is 12.5 Å². The second-order valence-corrected chi connectivity index (χ2v) is 5.69. The summed E-state index contributed by atoms with van der Waals surface area (Å²) in [5, 5.41) is 5.66. The maximum absolute atomic E-state index is 12.6. The van der Waals surface area contributed by atoms with Gasteiger partial charge in [-0.1, -0.05) is 19.9 Å². The third kappa shape index (κ3) is 3.83. The summed E-state index contributed by atoms with van der Waals surface area (Å²) in [4.78, 5) is 24.6. The first kappa shape index (κ1) is 17.7. The number of hydrogen-bond donors (Lipinski definition) is 3. The van der Waals surface area contributed by atoms with Gasteiger partial charge in [-0.05, 0) is 37.1 Å². The third-order valence-electron chi connectivity index (χ3n) is 4.39. The number of carbonyl (C=O) groups excluding carboxylic acids is 2. The average Bonchev–Trinajstić information content (AvgIpc) is 3.12. The first-order chi connectivity index (χ1) is 11.5. The van der Waals surface area contributed by atoms with Crippen LogP contribution in [0.4, 0.5) is 11.4 Å². The Morgan fingerprint density at radius 2 is 1.79 bits per heavy atom. The highest BCUT2D eigenvalue weighted by atomic mass is 16.3. The van der Waals surface area contributed by atoms with E-state index in [1.807, 2.05) is 13.8 Å². The summed E-state index contributed by atoms with van der Waals surface area (Å²) in [6.45, 7) is 4.21. The minimum absolute atomic E-state index is 0.103. The van der Waals surface area contributed by atoms with Crippen molar-refractivity contribution in [3.05, 3.63) is 48.4 Å². The molecule has 1 aromatic heterocycles. The molecule has 0 bridgehead atoms. The highest BCUT2D eigenvalue weighted by Gasteiger charge is 2.33. The fourth-order valence-electron chi connectivity index (χ4n) is 2.49. The van der Waals surface area contributed by atoms with Gasteiger partial charge in [-0.25, -0.2) is 0 Å². The van der Waals surface area contributed by atoms with Crippen LogP contribution < -0.4 is 16.4 Å². The van der Waals surface area contributed by atoms with Crippen LogP contribution in [0.5, 0.6) is 0 Å². The van der Waals surface area contributed by atoms with Crippen LogP contribution in [-0.2, 0) is 4.79 Å². The molecule has 128 valence electrons. The van der Waals surface area contributed by atoms with Crippen LogP contribution in [0.25, 0.3) is 0 Å². The van der Waals surface area contributed by atoms with Crippen molar-refractivity contribution in [1.29, 1.82) is 0 Å². The summed E-state index contributed by atoms with van der Waals surface area (Å²) in [6, 6.07) is 8.59. The van der Waals surface area contributed by atoms with Gasteiger partial charge in [0.2, 0.25) is 5.91 Å². The van der Waals surface area contributed by atoms with Crippen LogP contribution in [0.1, 0.15) is 37.0 Å². The second-order valence-electron chi connectivity index (χ2n) is 5.69. The molecule has 2 aromatic rings. The Hall–Kier alpha value is -2.60. The number of nitrogens with one attached hydrogen (secondary N) is 2. The number of carbonyl (C=O) groups is 2. The number of rotatable bonds is 7. The summed E-state index contributed by atoms with van der Waals surface area (Å²) >= 11 is 0. The predicted molar refractivity (Wildman–Crippen MR) is 93.8 cm³/mol. The molecule has 0 unspecified atom stereocenters. The molecule has 6 heteroatoms. The normalized spacial score (nSPS) is 11.1. The lowest BCUT2D eigenvalue weighted by atomic mass is 9.81. The van der Waals surface area contributed by atoms with E-state index in [4.69, 9.17) is 10.2 Å². The summed E-state index contributed by atoms with van der Waals surface area (Å²) in [5.74, 6) is -0.376. The Balaban J connectivity index is 2.10. The number of nitrogens with two attached hydrogens (primary N) is 1. The summed E-state index contributed by atoms with van der Waals surface area (Å²) in [7, 11) is 0. The van der Waals surface area contributed by atoms with Crippen molar-refractivity contribution in [2.75, 3.05) is 17.2 Å². The number of furan rings is 1. The van der Waals surface area contributed by atoms with Crippen molar-refractivity contribution in [1.82, 2.24) is 0 Å². The smallest absolute Gasteiger partial charge is 0.258 e. The first-order valence-corrected chi connectivity index (χ1v) is 7.99. The average molecular weight is 329 g/mol. The first-order valence-electron chi connectivity index (χ1n) is 7.99. The van der Waals surface area contributed by atoms with Crippen molar-refractivity contribution in [3.8, 4) is 0 Å². The fourth-order valence-corrected chi connectivity index (χ4v) is 2.49. The molecular formula is C18H23N3O3. The zero-order chi connectivity index (χ0) is 17.6. The van der Waals surface area contributed by atoms with Gasteiger partial charge in [0.05, 0.1) is 17.2 Å². The number of benzene rings is 1. The predicted octanol–water partition coefficient (Wildman–Crippen LogP) is 3.24. The van der Waals surface area contributed by atoms with E-state index in [0.717, 1.165) is 0 Å². The number of amides is 2. The van der Waals surface area contributed by atoms with Gasteiger partial charge in [0.15, 0.2) is 0 Å². The zero-order valence-electron chi connectivity index (χ0n) is 14.0. The monoisotopic (exact) mass is 329 g/mol. The van der Waals surface area contributed by atoms with Crippen LogP contribution >= 0.6 is 0 Å². The molecule has 4 N–H and O–H groups in total. The molecule has 1 aromatic carbocycles. The van der Waals surface area contributed by atoms with Crippen molar-refractivity contribution in [3.63, 3.8) is 0 Å². The molecule has 0 aliphatic rings. The molecule has 0 saturated carbocycles. The fraction of sp³-hybridized carbons (Fsp3) is 0.333. The Kier molecular flexibility index (Phi) is 5.76. The minimum Gasteiger partial charge on any atom is -0.472 e. The van der Waals surface area contributed by atoms with Gasteiger partial charge in [-0.3, -0.25) is 9.59 Å². The SMILES string of the molecule is CCC(CC)(CN)C(=O)Nc1cccc(NC(=O)c2ccoc2)c1. The Morgan fingerprint density at radius 1 is 1.12 bits per heavy atom. The second kappa shape index (κ2) is 7.79. The van der Waals surface area contributed by atoms with Crippen LogP contribution in [0.15, 0.2) is 47.3 Å². The zero-order valence-corrected chi connectivity index (χ0v) is 14.0. The molecule has 0 fully saturated rings. The maximum atomic E-state index is 12.6. The van der Waals surface area contributed by atoms with Gasteiger partial charge < -0.3 is 20.8 Å². The van der Waals surface area contributed by atoms with Crippen LogP contribution in [0, 0.1) is 5.41 Å². The van der Waals surface area contributed by atoms with Crippen LogP contribution in [0.3, 0.4) is 0 Å². The summed E-state index contributed by atoms with van der Waals surface area (Å²) < 4.78 is 4.89. The van der Waals surface area contributed by atoms with Crippen LogP contribution in [-0.4, -0.2) is 18.4 Å². The highest BCUT2D eigenvalue weighted by Crippen LogP contribution is 2.27. The van der Waals surface area contributed by atoms with Crippen molar-refractivity contribution in [2.24, 2.45) is 11.1 Å². The van der Waals surface area contributed by atoms with E-state index in [9.17, 15) is 9.59 Å².